The van der Waals surface area contributed by atoms with Crippen LogP contribution in [0.25, 0.3) is 10.4 Å². The fourth-order valence-electron chi connectivity index (χ4n) is 4.22. The predicted molar refractivity (Wildman–Crippen MR) is 146 cm³/mol. The van der Waals surface area contributed by atoms with Gasteiger partial charge in [-0.1, -0.05) is 47.6 Å². The molecule has 0 radical (unpaired) electrons. The Bertz CT molecular complexity index is 1090. The smallest absolute Gasteiger partial charge is 0.332 e. The fraction of sp³-hybridized carbons (Fsp3) is 0.552. The number of azide groups is 1. The summed E-state index contributed by atoms with van der Waals surface area (Å²) in [6.45, 7) is 7.74. The lowest BCUT2D eigenvalue weighted by atomic mass is 9.96. The van der Waals surface area contributed by atoms with Crippen molar-refractivity contribution in [2.24, 2.45) is 5.11 Å². The van der Waals surface area contributed by atoms with Crippen LogP contribution in [0.1, 0.15) is 38.8 Å². The molecule has 0 aliphatic carbocycles. The molecule has 2 aromatic carbocycles. The summed E-state index contributed by atoms with van der Waals surface area (Å²) in [4.78, 5) is 15.5. The predicted octanol–water partition coefficient (Wildman–Crippen LogP) is 4.96. The second kappa shape index (κ2) is 15.6. The van der Waals surface area contributed by atoms with Gasteiger partial charge in [0.25, 0.3) is 0 Å². The van der Waals surface area contributed by atoms with E-state index in [2.05, 4.69) is 10.0 Å². The topological polar surface area (TPSA) is 130 Å². The zero-order valence-electron chi connectivity index (χ0n) is 23.7. The second-order valence-corrected chi connectivity index (χ2v) is 10.2. The first-order valence-electron chi connectivity index (χ1n) is 13.2. The van der Waals surface area contributed by atoms with Crippen LogP contribution in [-0.4, -0.2) is 69.1 Å². The number of nitrogens with zero attached hydrogens (tertiary/aromatic N) is 3. The standard InChI is InChI=1S/C29H39N3O8/c1-6-36-28-25(31-32-30)27(38-19-24(33)40-29(2,3)4)26(37-17-21-12-14-22(34-5)15-13-21)23(39-28)18-35-16-20-10-8-7-9-11-20/h7-15,23,25-28H,6,16-19H2,1-5H3/t23?,25?,26-,27-,28-/m1/s1. The van der Waals surface area contributed by atoms with Gasteiger partial charge in [0.1, 0.15) is 42.3 Å². The maximum Gasteiger partial charge on any atom is 0.332 e. The number of methoxy groups -OCH3 is 1. The number of benzene rings is 2. The molecule has 11 nitrogen and oxygen atoms in total. The van der Waals surface area contributed by atoms with Crippen molar-refractivity contribution < 1.29 is 38.0 Å². The van der Waals surface area contributed by atoms with E-state index in [1.165, 1.54) is 0 Å². The number of esters is 1. The fourth-order valence-corrected chi connectivity index (χ4v) is 4.22. The molecule has 3 rings (SSSR count). The molecule has 11 heteroatoms. The Labute approximate surface area is 235 Å². The Morgan fingerprint density at radius 2 is 1.68 bits per heavy atom. The van der Waals surface area contributed by atoms with Crippen LogP contribution in [0.15, 0.2) is 59.7 Å². The van der Waals surface area contributed by atoms with Gasteiger partial charge in [-0.15, -0.1) is 0 Å². The lowest BCUT2D eigenvalue weighted by molar-refractivity contribution is -0.284. The molecule has 5 atom stereocenters. The first-order chi connectivity index (χ1) is 19.2. The van der Waals surface area contributed by atoms with Crippen molar-refractivity contribution in [2.75, 3.05) is 26.9 Å². The number of hydrogen-bond acceptors (Lipinski definition) is 9. The molecule has 0 aromatic heterocycles. The van der Waals surface area contributed by atoms with Crippen LogP contribution in [0, 0.1) is 0 Å². The van der Waals surface area contributed by atoms with Gasteiger partial charge in [0.2, 0.25) is 0 Å². The van der Waals surface area contributed by atoms with E-state index in [1.54, 1.807) is 34.8 Å². The van der Waals surface area contributed by atoms with E-state index in [0.717, 1.165) is 16.9 Å². The normalized spacial score (nSPS) is 22.8. The first kappa shape index (κ1) is 31.3. The number of ether oxygens (including phenoxy) is 7. The molecular weight excluding hydrogens is 518 g/mol. The van der Waals surface area contributed by atoms with Gasteiger partial charge in [0.05, 0.1) is 26.9 Å². The minimum absolute atomic E-state index is 0.140. The van der Waals surface area contributed by atoms with E-state index >= 15 is 0 Å². The van der Waals surface area contributed by atoms with Crippen LogP contribution in [-0.2, 0) is 46.4 Å². The highest BCUT2D eigenvalue weighted by atomic mass is 16.7. The summed E-state index contributed by atoms with van der Waals surface area (Å²) < 4.78 is 41.1. The molecule has 1 heterocycles. The Kier molecular flexibility index (Phi) is 12.2. The van der Waals surface area contributed by atoms with Crippen LogP contribution < -0.4 is 4.74 Å². The number of hydrogen-bond donors (Lipinski definition) is 0. The molecule has 0 saturated carbocycles. The second-order valence-electron chi connectivity index (χ2n) is 10.2. The van der Waals surface area contributed by atoms with E-state index in [4.69, 9.17) is 33.2 Å². The maximum atomic E-state index is 12.5. The van der Waals surface area contributed by atoms with Gasteiger partial charge < -0.3 is 33.2 Å². The zero-order chi connectivity index (χ0) is 29.0. The molecule has 40 heavy (non-hydrogen) atoms. The van der Waals surface area contributed by atoms with Crippen molar-refractivity contribution in [2.45, 2.75) is 77.2 Å². The monoisotopic (exact) mass is 557 g/mol. The van der Waals surface area contributed by atoms with Gasteiger partial charge in [0.15, 0.2) is 6.29 Å². The van der Waals surface area contributed by atoms with Crippen LogP contribution in [0.2, 0.25) is 0 Å². The van der Waals surface area contributed by atoms with Crippen LogP contribution in [0.3, 0.4) is 0 Å². The summed E-state index contributed by atoms with van der Waals surface area (Å²) >= 11 is 0. The number of carbonyl (C=O) groups is 1. The third-order valence-electron chi connectivity index (χ3n) is 5.94. The molecule has 2 aromatic rings. The molecule has 1 saturated heterocycles. The summed E-state index contributed by atoms with van der Waals surface area (Å²) in [7, 11) is 1.60. The lowest BCUT2D eigenvalue weighted by Crippen LogP contribution is -2.60. The average molecular weight is 558 g/mol. The van der Waals surface area contributed by atoms with Gasteiger partial charge in [-0.2, -0.15) is 0 Å². The quantitative estimate of drug-likeness (QED) is 0.138. The highest BCUT2D eigenvalue weighted by molar-refractivity contribution is 5.71. The zero-order valence-corrected chi connectivity index (χ0v) is 23.7. The third-order valence-corrected chi connectivity index (χ3v) is 5.94. The Morgan fingerprint density at radius 1 is 0.975 bits per heavy atom. The minimum atomic E-state index is -0.935. The van der Waals surface area contributed by atoms with Crippen LogP contribution in [0.5, 0.6) is 5.75 Å². The summed E-state index contributed by atoms with van der Waals surface area (Å²) in [5.41, 5.74) is 10.5. The highest BCUT2D eigenvalue weighted by Crippen LogP contribution is 2.30. The largest absolute Gasteiger partial charge is 0.497 e. The maximum absolute atomic E-state index is 12.5. The summed E-state index contributed by atoms with van der Waals surface area (Å²) in [6.07, 6.45) is -3.26. The van der Waals surface area contributed by atoms with Gasteiger partial charge in [-0.05, 0) is 56.5 Å². The van der Waals surface area contributed by atoms with Crippen molar-refractivity contribution in [1.82, 2.24) is 0 Å². The minimum Gasteiger partial charge on any atom is -0.497 e. The number of rotatable bonds is 14. The number of carbonyl (C=O) groups excluding carboxylic acids is 1. The Hall–Kier alpha value is -3.18. The molecule has 218 valence electrons. The molecular formula is C29H39N3O8. The van der Waals surface area contributed by atoms with Crippen molar-refractivity contribution in [3.05, 3.63) is 76.2 Å². The van der Waals surface area contributed by atoms with E-state index in [-0.39, 0.29) is 19.8 Å². The summed E-state index contributed by atoms with van der Waals surface area (Å²) in [5.74, 6) is 0.163. The van der Waals surface area contributed by atoms with Crippen LogP contribution in [0.4, 0.5) is 0 Å². The molecule has 0 spiro atoms. The van der Waals surface area contributed by atoms with Crippen molar-refractivity contribution in [1.29, 1.82) is 0 Å². The molecule has 1 aliphatic rings. The van der Waals surface area contributed by atoms with E-state index in [1.807, 2.05) is 54.6 Å². The van der Waals surface area contributed by atoms with Gasteiger partial charge in [-0.3, -0.25) is 0 Å². The molecule has 0 amide bonds. The molecule has 0 N–H and O–H groups in total. The van der Waals surface area contributed by atoms with Crippen LogP contribution >= 0.6 is 0 Å². The highest BCUT2D eigenvalue weighted by Gasteiger charge is 2.48. The Morgan fingerprint density at radius 3 is 2.30 bits per heavy atom. The molecule has 0 bridgehead atoms. The van der Waals surface area contributed by atoms with Gasteiger partial charge in [0, 0.05) is 11.5 Å². The summed E-state index contributed by atoms with van der Waals surface area (Å²) in [6, 6.07) is 16.2. The van der Waals surface area contributed by atoms with Crippen molar-refractivity contribution in [3.8, 4) is 5.75 Å². The molecule has 2 unspecified atom stereocenters. The van der Waals surface area contributed by atoms with Crippen molar-refractivity contribution >= 4 is 5.97 Å². The molecule has 1 aliphatic heterocycles. The lowest BCUT2D eigenvalue weighted by Gasteiger charge is -2.44. The Balaban J connectivity index is 1.85. The summed E-state index contributed by atoms with van der Waals surface area (Å²) in [5, 5.41) is 3.92. The third kappa shape index (κ3) is 9.78. The van der Waals surface area contributed by atoms with Crippen molar-refractivity contribution in [3.63, 3.8) is 0 Å². The van der Waals surface area contributed by atoms with E-state index in [0.29, 0.717) is 13.2 Å². The molecule has 1 fully saturated rings. The SMILES string of the molecule is CCO[C@@H]1OC(COCc2ccccc2)[C@@H](OCc2ccc(OC)cc2)[C@H](OCC(=O)OC(C)(C)C)C1N=[N+]=[N-]. The van der Waals surface area contributed by atoms with E-state index < -0.39 is 42.2 Å². The van der Waals surface area contributed by atoms with Gasteiger partial charge >= 0.3 is 5.97 Å². The average Bonchev–Trinajstić information content (AvgIpc) is 2.92. The van der Waals surface area contributed by atoms with E-state index in [9.17, 15) is 10.3 Å². The first-order valence-corrected chi connectivity index (χ1v) is 13.2. The van der Waals surface area contributed by atoms with Gasteiger partial charge in [-0.25, -0.2) is 4.79 Å².